The third-order valence-corrected chi connectivity index (χ3v) is 5.15. The molecule has 0 atom stereocenters. The Hall–Kier alpha value is -3.13. The maximum atomic E-state index is 12.6. The molecule has 0 radical (unpaired) electrons. The molecule has 0 aliphatic carbocycles. The van der Waals surface area contributed by atoms with Crippen LogP contribution in [0.5, 0.6) is 11.5 Å². The van der Waals surface area contributed by atoms with E-state index in [0.29, 0.717) is 27.4 Å². The summed E-state index contributed by atoms with van der Waals surface area (Å²) in [6.07, 6.45) is 0. The number of carbonyl (C=O) groups is 2. The van der Waals surface area contributed by atoms with Crippen LogP contribution in [0.2, 0.25) is 0 Å². The van der Waals surface area contributed by atoms with E-state index in [9.17, 15) is 9.59 Å². The third-order valence-electron chi connectivity index (χ3n) is 4.06. The first-order chi connectivity index (χ1) is 13.0. The minimum Gasteiger partial charge on any atom is -0.493 e. The second kappa shape index (κ2) is 7.63. The lowest BCUT2D eigenvalue weighted by Crippen LogP contribution is -2.13. The molecule has 0 aliphatic rings. The summed E-state index contributed by atoms with van der Waals surface area (Å²) in [4.78, 5) is 29.0. The van der Waals surface area contributed by atoms with Gasteiger partial charge in [0.15, 0.2) is 16.3 Å². The molecule has 0 saturated carbocycles. The van der Waals surface area contributed by atoms with Gasteiger partial charge in [-0.1, -0.05) is 11.3 Å². The van der Waals surface area contributed by atoms with Crippen LogP contribution in [-0.4, -0.2) is 37.8 Å². The minimum atomic E-state index is -0.409. The number of rotatable bonds is 4. The highest BCUT2D eigenvalue weighted by atomic mass is 32.1. The van der Waals surface area contributed by atoms with Crippen molar-refractivity contribution in [2.45, 2.75) is 0 Å². The number of thiazole rings is 1. The maximum absolute atomic E-state index is 12.6. The van der Waals surface area contributed by atoms with Gasteiger partial charge in [-0.3, -0.25) is 4.79 Å². The monoisotopic (exact) mass is 386 g/mol. The van der Waals surface area contributed by atoms with Gasteiger partial charge in [0.25, 0.3) is 5.91 Å². The van der Waals surface area contributed by atoms with E-state index in [4.69, 9.17) is 14.2 Å². The summed E-state index contributed by atoms with van der Waals surface area (Å²) in [7, 11) is 6.19. The zero-order chi connectivity index (χ0) is 19.6. The summed E-state index contributed by atoms with van der Waals surface area (Å²) in [6.45, 7) is 0. The van der Waals surface area contributed by atoms with Gasteiger partial charge in [0.2, 0.25) is 0 Å². The number of amides is 1. The molecule has 1 amide bonds. The van der Waals surface area contributed by atoms with E-state index in [0.717, 1.165) is 10.2 Å². The van der Waals surface area contributed by atoms with E-state index >= 15 is 0 Å². The largest absolute Gasteiger partial charge is 0.493 e. The van der Waals surface area contributed by atoms with Crippen molar-refractivity contribution in [2.75, 3.05) is 21.3 Å². The summed E-state index contributed by atoms with van der Waals surface area (Å²) >= 11 is 1.32. The Kier molecular flexibility index (Phi) is 5.27. The van der Waals surface area contributed by atoms with E-state index in [1.165, 1.54) is 32.7 Å². The van der Waals surface area contributed by atoms with Crippen molar-refractivity contribution < 1.29 is 23.8 Å². The Balaban J connectivity index is 2.03. The molecule has 3 aromatic rings. The molecule has 140 valence electrons. The lowest BCUT2D eigenvalue weighted by molar-refractivity contribution is 0.0601. The molecule has 0 bridgehead atoms. The topological polar surface area (TPSA) is 79.1 Å². The molecule has 0 fully saturated rings. The second-order valence-electron chi connectivity index (χ2n) is 5.60. The van der Waals surface area contributed by atoms with Crippen LogP contribution in [-0.2, 0) is 11.8 Å². The van der Waals surface area contributed by atoms with E-state index in [1.54, 1.807) is 41.0 Å². The normalized spacial score (nSPS) is 11.5. The number of carbonyl (C=O) groups excluding carboxylic acids is 2. The number of methoxy groups -OCH3 is 3. The van der Waals surface area contributed by atoms with Crippen molar-refractivity contribution in [3.8, 4) is 11.5 Å². The van der Waals surface area contributed by atoms with Gasteiger partial charge in [0.05, 0.1) is 37.1 Å². The van der Waals surface area contributed by atoms with Crippen molar-refractivity contribution >= 4 is 33.4 Å². The van der Waals surface area contributed by atoms with E-state index in [1.807, 2.05) is 7.05 Å². The zero-order valence-electron chi connectivity index (χ0n) is 15.3. The number of esters is 1. The van der Waals surface area contributed by atoms with Gasteiger partial charge >= 0.3 is 5.97 Å². The molecular formula is C19H18N2O5S. The molecule has 0 saturated heterocycles. The van der Waals surface area contributed by atoms with Crippen molar-refractivity contribution in [1.29, 1.82) is 0 Å². The van der Waals surface area contributed by atoms with Gasteiger partial charge in [-0.2, -0.15) is 4.99 Å². The van der Waals surface area contributed by atoms with E-state index in [2.05, 4.69) is 4.99 Å². The number of aromatic nitrogens is 1. The predicted molar refractivity (Wildman–Crippen MR) is 102 cm³/mol. The molecular weight excluding hydrogens is 368 g/mol. The van der Waals surface area contributed by atoms with Gasteiger partial charge in [-0.15, -0.1) is 0 Å². The smallest absolute Gasteiger partial charge is 0.337 e. The Morgan fingerprint density at radius 2 is 1.67 bits per heavy atom. The highest BCUT2D eigenvalue weighted by Gasteiger charge is 2.13. The SMILES string of the molecule is COC(=O)c1ccc2c(c1)sc(=NC(=O)c1ccc(OC)c(OC)c1)n2C. The summed E-state index contributed by atoms with van der Waals surface area (Å²) in [6, 6.07) is 10.1. The number of hydrogen-bond donors (Lipinski definition) is 0. The minimum absolute atomic E-state index is 0.389. The number of hydrogen-bond acceptors (Lipinski definition) is 6. The van der Waals surface area contributed by atoms with Gasteiger partial charge in [0, 0.05) is 12.6 Å². The fourth-order valence-corrected chi connectivity index (χ4v) is 3.66. The standard InChI is InChI=1S/C19H18N2O5S/c1-21-13-7-5-12(18(23)26-4)10-16(13)27-19(21)20-17(22)11-6-8-14(24-2)15(9-11)25-3/h5-10H,1-4H3. The molecule has 3 rings (SSSR count). The van der Waals surface area contributed by atoms with Gasteiger partial charge < -0.3 is 18.8 Å². The van der Waals surface area contributed by atoms with Crippen LogP contribution in [0.3, 0.4) is 0 Å². The average molecular weight is 386 g/mol. The molecule has 8 heteroatoms. The van der Waals surface area contributed by atoms with Crippen LogP contribution in [0.1, 0.15) is 20.7 Å². The van der Waals surface area contributed by atoms with E-state index < -0.39 is 11.9 Å². The summed E-state index contributed by atoms with van der Waals surface area (Å²) in [5.74, 6) is 0.193. The highest BCUT2D eigenvalue weighted by molar-refractivity contribution is 7.16. The van der Waals surface area contributed by atoms with Crippen LogP contribution >= 0.6 is 11.3 Å². The number of benzene rings is 2. The number of aryl methyl sites for hydroxylation is 1. The Morgan fingerprint density at radius 3 is 2.33 bits per heavy atom. The first-order valence-electron chi connectivity index (χ1n) is 7.97. The average Bonchev–Trinajstić information content (AvgIpc) is 3.01. The Bertz CT molecular complexity index is 1100. The highest BCUT2D eigenvalue weighted by Crippen LogP contribution is 2.27. The molecule has 2 aromatic carbocycles. The summed E-state index contributed by atoms with van der Waals surface area (Å²) in [5.41, 5.74) is 1.71. The van der Waals surface area contributed by atoms with E-state index in [-0.39, 0.29) is 0 Å². The number of nitrogens with zero attached hydrogens (tertiary/aromatic N) is 2. The Morgan fingerprint density at radius 1 is 0.963 bits per heavy atom. The molecule has 27 heavy (non-hydrogen) atoms. The lowest BCUT2D eigenvalue weighted by Gasteiger charge is -2.07. The van der Waals surface area contributed by atoms with Gasteiger partial charge in [-0.25, -0.2) is 4.79 Å². The van der Waals surface area contributed by atoms with Crippen LogP contribution in [0, 0.1) is 0 Å². The van der Waals surface area contributed by atoms with Crippen molar-refractivity contribution in [1.82, 2.24) is 4.57 Å². The maximum Gasteiger partial charge on any atom is 0.337 e. The van der Waals surface area contributed by atoms with Crippen molar-refractivity contribution in [2.24, 2.45) is 12.0 Å². The molecule has 0 spiro atoms. The molecule has 7 nitrogen and oxygen atoms in total. The predicted octanol–water partition coefficient (Wildman–Crippen LogP) is 2.78. The number of fused-ring (bicyclic) bond motifs is 1. The molecule has 1 heterocycles. The number of ether oxygens (including phenoxy) is 3. The van der Waals surface area contributed by atoms with Crippen molar-refractivity contribution in [3.63, 3.8) is 0 Å². The molecule has 0 unspecified atom stereocenters. The first-order valence-corrected chi connectivity index (χ1v) is 8.79. The molecule has 0 N–H and O–H groups in total. The summed E-state index contributed by atoms with van der Waals surface area (Å²) in [5, 5.41) is 0. The van der Waals surface area contributed by atoms with Crippen LogP contribution in [0.15, 0.2) is 41.4 Å². The zero-order valence-corrected chi connectivity index (χ0v) is 16.1. The second-order valence-corrected chi connectivity index (χ2v) is 6.61. The van der Waals surface area contributed by atoms with Gasteiger partial charge in [0.1, 0.15) is 0 Å². The van der Waals surface area contributed by atoms with Crippen molar-refractivity contribution in [3.05, 3.63) is 52.3 Å². The molecule has 0 aliphatic heterocycles. The fourth-order valence-electron chi connectivity index (χ4n) is 2.61. The van der Waals surface area contributed by atoms with Crippen LogP contribution < -0.4 is 14.3 Å². The fraction of sp³-hybridized carbons (Fsp3) is 0.211. The lowest BCUT2D eigenvalue weighted by atomic mass is 10.2. The molecule has 1 aromatic heterocycles. The summed E-state index contributed by atoms with van der Waals surface area (Å²) < 4.78 is 17.8. The quantitative estimate of drug-likeness (QED) is 0.644. The van der Waals surface area contributed by atoms with Crippen LogP contribution in [0.25, 0.3) is 10.2 Å². The van der Waals surface area contributed by atoms with Crippen LogP contribution in [0.4, 0.5) is 0 Å². The first kappa shape index (κ1) is 18.7. The van der Waals surface area contributed by atoms with Gasteiger partial charge in [-0.05, 0) is 36.4 Å². The third kappa shape index (κ3) is 3.56. The Labute approximate surface area is 159 Å².